The highest BCUT2D eigenvalue weighted by atomic mass is 19.1. The quantitative estimate of drug-likeness (QED) is 0.917. The van der Waals surface area contributed by atoms with Crippen molar-refractivity contribution < 1.29 is 9.13 Å². The molecule has 100 valence electrons. The van der Waals surface area contributed by atoms with E-state index in [0.717, 1.165) is 5.56 Å². The average molecular weight is 261 g/mol. The van der Waals surface area contributed by atoms with E-state index in [0.29, 0.717) is 17.1 Å². The first kappa shape index (κ1) is 13.4. The largest absolute Gasteiger partial charge is 0.480 e. The third-order valence-corrected chi connectivity index (χ3v) is 2.91. The maximum Gasteiger partial charge on any atom is 0.237 e. The van der Waals surface area contributed by atoms with Crippen LogP contribution in [0.2, 0.25) is 0 Å². The van der Waals surface area contributed by atoms with Crippen LogP contribution in [0.25, 0.3) is 0 Å². The third-order valence-electron chi connectivity index (χ3n) is 2.91. The van der Waals surface area contributed by atoms with Crippen LogP contribution in [0, 0.1) is 12.7 Å². The van der Waals surface area contributed by atoms with E-state index in [1.807, 2.05) is 6.92 Å². The second-order valence-corrected chi connectivity index (χ2v) is 4.20. The molecule has 5 heteroatoms. The number of methoxy groups -OCH3 is 1. The molecule has 0 saturated carbocycles. The predicted molar refractivity (Wildman–Crippen MR) is 70.6 cm³/mol. The van der Waals surface area contributed by atoms with Gasteiger partial charge in [-0.3, -0.25) is 4.98 Å². The van der Waals surface area contributed by atoms with Gasteiger partial charge in [0, 0.05) is 18.0 Å². The number of rotatable bonds is 4. The van der Waals surface area contributed by atoms with E-state index in [-0.39, 0.29) is 5.82 Å². The van der Waals surface area contributed by atoms with Gasteiger partial charge in [-0.25, -0.2) is 9.37 Å². The van der Waals surface area contributed by atoms with Crippen molar-refractivity contribution >= 4 is 0 Å². The second-order valence-electron chi connectivity index (χ2n) is 4.20. The molecule has 0 spiro atoms. The zero-order valence-corrected chi connectivity index (χ0v) is 11.1. The lowest BCUT2D eigenvalue weighted by atomic mass is 10.0. The molecule has 1 heterocycles. The predicted octanol–water partition coefficient (Wildman–Crippen LogP) is 2.24. The second kappa shape index (κ2) is 5.75. The normalized spacial score (nSPS) is 12.2. The fourth-order valence-electron chi connectivity index (χ4n) is 2.02. The highest BCUT2D eigenvalue weighted by Gasteiger charge is 2.22. The van der Waals surface area contributed by atoms with E-state index >= 15 is 0 Å². The van der Waals surface area contributed by atoms with Crippen molar-refractivity contribution in [1.82, 2.24) is 15.3 Å². The molecule has 19 heavy (non-hydrogen) atoms. The van der Waals surface area contributed by atoms with Crippen molar-refractivity contribution in [3.63, 3.8) is 0 Å². The van der Waals surface area contributed by atoms with Crippen LogP contribution in [0.15, 0.2) is 30.6 Å². The topological polar surface area (TPSA) is 47.0 Å². The number of benzene rings is 1. The van der Waals surface area contributed by atoms with Crippen LogP contribution in [-0.2, 0) is 0 Å². The lowest BCUT2D eigenvalue weighted by Gasteiger charge is -2.18. The Morgan fingerprint density at radius 3 is 2.68 bits per heavy atom. The first-order valence-electron chi connectivity index (χ1n) is 5.95. The SMILES string of the molecule is CNC(c1cc(C)ccc1F)c1nccnc1OC. The number of halogens is 1. The van der Waals surface area contributed by atoms with Crippen LogP contribution in [-0.4, -0.2) is 24.1 Å². The molecular formula is C14H16FN3O. The van der Waals surface area contributed by atoms with Crippen molar-refractivity contribution in [2.75, 3.05) is 14.2 Å². The van der Waals surface area contributed by atoms with Gasteiger partial charge in [0.05, 0.1) is 13.2 Å². The Morgan fingerprint density at radius 2 is 2.00 bits per heavy atom. The number of nitrogens with zero attached hydrogens (tertiary/aromatic N) is 2. The minimum atomic E-state index is -0.399. The molecular weight excluding hydrogens is 245 g/mol. The summed E-state index contributed by atoms with van der Waals surface area (Å²) in [7, 11) is 3.27. The molecule has 2 aromatic rings. The smallest absolute Gasteiger partial charge is 0.237 e. The van der Waals surface area contributed by atoms with E-state index in [2.05, 4.69) is 15.3 Å². The van der Waals surface area contributed by atoms with Crippen molar-refractivity contribution in [3.8, 4) is 5.88 Å². The zero-order valence-electron chi connectivity index (χ0n) is 11.1. The van der Waals surface area contributed by atoms with Gasteiger partial charge in [-0.2, -0.15) is 0 Å². The summed E-state index contributed by atoms with van der Waals surface area (Å²) in [6.45, 7) is 1.92. The van der Waals surface area contributed by atoms with Crippen molar-refractivity contribution in [3.05, 3.63) is 53.2 Å². The van der Waals surface area contributed by atoms with E-state index in [1.54, 1.807) is 31.6 Å². The van der Waals surface area contributed by atoms with E-state index in [9.17, 15) is 4.39 Å². The average Bonchev–Trinajstić information content (AvgIpc) is 2.44. The monoisotopic (exact) mass is 261 g/mol. The van der Waals surface area contributed by atoms with Crippen LogP contribution >= 0.6 is 0 Å². The number of ether oxygens (including phenoxy) is 1. The maximum absolute atomic E-state index is 14.0. The van der Waals surface area contributed by atoms with E-state index in [1.165, 1.54) is 13.2 Å². The Labute approximate surface area is 111 Å². The van der Waals surface area contributed by atoms with Gasteiger partial charge in [0.15, 0.2) is 0 Å². The van der Waals surface area contributed by atoms with E-state index < -0.39 is 6.04 Å². The molecule has 2 rings (SSSR count). The Morgan fingerprint density at radius 1 is 1.26 bits per heavy atom. The molecule has 0 aliphatic heterocycles. The number of nitrogens with one attached hydrogen (secondary N) is 1. The molecule has 0 saturated heterocycles. The van der Waals surface area contributed by atoms with Gasteiger partial charge < -0.3 is 10.1 Å². The molecule has 0 aliphatic rings. The standard InChI is InChI=1S/C14H16FN3O/c1-9-4-5-11(15)10(8-9)12(16-2)13-14(19-3)18-7-6-17-13/h4-8,12,16H,1-3H3. The molecule has 1 aromatic carbocycles. The first-order chi connectivity index (χ1) is 9.17. The third kappa shape index (κ3) is 2.71. The van der Waals surface area contributed by atoms with Crippen LogP contribution in [0.1, 0.15) is 22.9 Å². The molecule has 0 aliphatic carbocycles. The highest BCUT2D eigenvalue weighted by Crippen LogP contribution is 2.28. The number of aryl methyl sites for hydroxylation is 1. The zero-order chi connectivity index (χ0) is 13.8. The van der Waals surface area contributed by atoms with Crippen LogP contribution in [0.4, 0.5) is 4.39 Å². The molecule has 0 bridgehead atoms. The van der Waals surface area contributed by atoms with Gasteiger partial charge in [0.25, 0.3) is 0 Å². The fraction of sp³-hybridized carbons (Fsp3) is 0.286. The summed E-state index contributed by atoms with van der Waals surface area (Å²) >= 11 is 0. The van der Waals surface area contributed by atoms with Gasteiger partial charge in [-0.15, -0.1) is 0 Å². The lowest BCUT2D eigenvalue weighted by Crippen LogP contribution is -2.21. The Balaban J connectivity index is 2.53. The fourth-order valence-corrected chi connectivity index (χ4v) is 2.02. The summed E-state index contributed by atoms with van der Waals surface area (Å²) in [6, 6.07) is 4.59. The van der Waals surface area contributed by atoms with Crippen molar-refractivity contribution in [1.29, 1.82) is 0 Å². The summed E-state index contributed by atoms with van der Waals surface area (Å²) in [6.07, 6.45) is 3.11. The van der Waals surface area contributed by atoms with Crippen LogP contribution in [0.3, 0.4) is 0 Å². The summed E-state index contributed by atoms with van der Waals surface area (Å²) in [4.78, 5) is 8.35. The Bertz CT molecular complexity index is 574. The minimum Gasteiger partial charge on any atom is -0.480 e. The molecule has 1 atom stereocenters. The molecule has 0 radical (unpaired) electrons. The maximum atomic E-state index is 14.0. The van der Waals surface area contributed by atoms with Crippen molar-refractivity contribution in [2.24, 2.45) is 0 Å². The first-order valence-corrected chi connectivity index (χ1v) is 5.95. The number of aromatic nitrogens is 2. The molecule has 1 N–H and O–H groups in total. The molecule has 1 unspecified atom stereocenters. The van der Waals surface area contributed by atoms with Crippen molar-refractivity contribution in [2.45, 2.75) is 13.0 Å². The lowest BCUT2D eigenvalue weighted by molar-refractivity contribution is 0.383. The number of hydrogen-bond acceptors (Lipinski definition) is 4. The van der Waals surface area contributed by atoms with Gasteiger partial charge in [0.2, 0.25) is 5.88 Å². The molecule has 0 amide bonds. The summed E-state index contributed by atoms with van der Waals surface area (Å²) in [5.74, 6) is 0.111. The summed E-state index contributed by atoms with van der Waals surface area (Å²) < 4.78 is 19.2. The van der Waals surface area contributed by atoms with Gasteiger partial charge in [-0.05, 0) is 20.0 Å². The highest BCUT2D eigenvalue weighted by molar-refractivity contribution is 5.35. The molecule has 1 aromatic heterocycles. The van der Waals surface area contributed by atoms with Gasteiger partial charge in [-0.1, -0.05) is 17.7 Å². The number of hydrogen-bond donors (Lipinski definition) is 1. The Kier molecular flexibility index (Phi) is 4.06. The van der Waals surface area contributed by atoms with Gasteiger partial charge in [0.1, 0.15) is 11.5 Å². The Hall–Kier alpha value is -2.01. The van der Waals surface area contributed by atoms with Crippen LogP contribution in [0.5, 0.6) is 5.88 Å². The summed E-state index contributed by atoms with van der Waals surface area (Å²) in [5, 5.41) is 3.05. The molecule has 4 nitrogen and oxygen atoms in total. The van der Waals surface area contributed by atoms with Gasteiger partial charge >= 0.3 is 0 Å². The van der Waals surface area contributed by atoms with Crippen LogP contribution < -0.4 is 10.1 Å². The van der Waals surface area contributed by atoms with E-state index in [4.69, 9.17) is 4.74 Å². The summed E-state index contributed by atoms with van der Waals surface area (Å²) in [5.41, 5.74) is 2.08. The minimum absolute atomic E-state index is 0.280. The molecule has 0 fully saturated rings.